The highest BCUT2D eigenvalue weighted by Gasteiger charge is 2.27. The lowest BCUT2D eigenvalue weighted by Gasteiger charge is -2.23. The lowest BCUT2D eigenvalue weighted by molar-refractivity contribution is 0.114. The number of ether oxygens (including phenoxy) is 1. The third-order valence-electron chi connectivity index (χ3n) is 4.40. The molecule has 1 aromatic carbocycles. The fourth-order valence-corrected chi connectivity index (χ4v) is 2.99. The van der Waals surface area contributed by atoms with Gasteiger partial charge in [-0.05, 0) is 36.5 Å². The van der Waals surface area contributed by atoms with Gasteiger partial charge < -0.3 is 20.1 Å². The SMILES string of the molecule is CC(C)COc1cccc(CNC(=O)N(C)CC2CCCC2O)c1. The maximum Gasteiger partial charge on any atom is 0.317 e. The van der Waals surface area contributed by atoms with Crippen LogP contribution in [0.5, 0.6) is 5.75 Å². The van der Waals surface area contributed by atoms with E-state index in [0.29, 0.717) is 25.6 Å². The number of benzene rings is 1. The number of nitrogens with zero attached hydrogens (tertiary/aromatic N) is 1. The molecular weight excluding hydrogens is 304 g/mol. The van der Waals surface area contributed by atoms with Crippen LogP contribution in [0.1, 0.15) is 38.7 Å². The Labute approximate surface area is 145 Å². The van der Waals surface area contributed by atoms with Gasteiger partial charge in [0.05, 0.1) is 12.7 Å². The van der Waals surface area contributed by atoms with Crippen molar-refractivity contribution in [1.82, 2.24) is 10.2 Å². The molecule has 0 aromatic heterocycles. The van der Waals surface area contributed by atoms with Gasteiger partial charge in [0.2, 0.25) is 0 Å². The van der Waals surface area contributed by atoms with Crippen LogP contribution in [-0.4, -0.2) is 42.3 Å². The second kappa shape index (κ2) is 8.92. The minimum atomic E-state index is -0.268. The van der Waals surface area contributed by atoms with E-state index in [4.69, 9.17) is 4.74 Å². The summed E-state index contributed by atoms with van der Waals surface area (Å²) < 4.78 is 5.71. The summed E-state index contributed by atoms with van der Waals surface area (Å²) in [6.07, 6.45) is 2.62. The first-order chi connectivity index (χ1) is 11.5. The van der Waals surface area contributed by atoms with Gasteiger partial charge in [-0.25, -0.2) is 4.79 Å². The molecule has 1 aliphatic rings. The minimum Gasteiger partial charge on any atom is -0.493 e. The van der Waals surface area contributed by atoms with Gasteiger partial charge in [-0.1, -0.05) is 32.4 Å². The molecule has 1 saturated carbocycles. The van der Waals surface area contributed by atoms with E-state index in [1.165, 1.54) is 0 Å². The number of carbonyl (C=O) groups is 1. The molecule has 2 rings (SSSR count). The lowest BCUT2D eigenvalue weighted by atomic mass is 10.1. The zero-order valence-corrected chi connectivity index (χ0v) is 15.0. The Morgan fingerprint density at radius 1 is 1.42 bits per heavy atom. The maximum absolute atomic E-state index is 12.2. The Hall–Kier alpha value is -1.75. The molecule has 2 N–H and O–H groups in total. The Morgan fingerprint density at radius 3 is 2.88 bits per heavy atom. The zero-order valence-electron chi connectivity index (χ0n) is 15.0. The highest BCUT2D eigenvalue weighted by Crippen LogP contribution is 2.26. The highest BCUT2D eigenvalue weighted by molar-refractivity contribution is 5.73. The third-order valence-corrected chi connectivity index (χ3v) is 4.40. The quantitative estimate of drug-likeness (QED) is 0.806. The number of urea groups is 1. The monoisotopic (exact) mass is 334 g/mol. The summed E-state index contributed by atoms with van der Waals surface area (Å²) in [5, 5.41) is 12.8. The normalized spacial score (nSPS) is 20.2. The van der Waals surface area contributed by atoms with Crippen molar-refractivity contribution in [2.45, 2.75) is 45.8 Å². The van der Waals surface area contributed by atoms with E-state index in [-0.39, 0.29) is 18.1 Å². The molecule has 5 nitrogen and oxygen atoms in total. The van der Waals surface area contributed by atoms with Crippen LogP contribution in [0.3, 0.4) is 0 Å². The van der Waals surface area contributed by atoms with E-state index in [0.717, 1.165) is 30.6 Å². The maximum atomic E-state index is 12.2. The van der Waals surface area contributed by atoms with Gasteiger partial charge in [0.15, 0.2) is 0 Å². The smallest absolute Gasteiger partial charge is 0.317 e. The van der Waals surface area contributed by atoms with Gasteiger partial charge >= 0.3 is 6.03 Å². The topological polar surface area (TPSA) is 61.8 Å². The number of amides is 2. The van der Waals surface area contributed by atoms with Crippen LogP contribution < -0.4 is 10.1 Å². The molecule has 0 aliphatic heterocycles. The number of hydrogen-bond acceptors (Lipinski definition) is 3. The second-order valence-electron chi connectivity index (χ2n) is 7.15. The number of aliphatic hydroxyl groups excluding tert-OH is 1. The molecule has 1 aromatic rings. The van der Waals surface area contributed by atoms with Crippen LogP contribution in [0.25, 0.3) is 0 Å². The van der Waals surface area contributed by atoms with Crippen LogP contribution in [0, 0.1) is 11.8 Å². The molecule has 1 fully saturated rings. The van der Waals surface area contributed by atoms with E-state index in [1.54, 1.807) is 11.9 Å². The van der Waals surface area contributed by atoms with Crippen molar-refractivity contribution in [2.75, 3.05) is 20.2 Å². The van der Waals surface area contributed by atoms with Gasteiger partial charge in [0.1, 0.15) is 5.75 Å². The van der Waals surface area contributed by atoms with Crippen molar-refractivity contribution >= 4 is 6.03 Å². The molecule has 5 heteroatoms. The van der Waals surface area contributed by atoms with Crippen LogP contribution in [-0.2, 0) is 6.54 Å². The van der Waals surface area contributed by atoms with Crippen LogP contribution in [0.2, 0.25) is 0 Å². The number of aliphatic hydroxyl groups is 1. The fraction of sp³-hybridized carbons (Fsp3) is 0.632. The Kier molecular flexibility index (Phi) is 6.91. The molecule has 0 bridgehead atoms. The summed E-state index contributed by atoms with van der Waals surface area (Å²) in [5.74, 6) is 1.51. The average Bonchev–Trinajstić information content (AvgIpc) is 2.96. The molecule has 2 atom stereocenters. The van der Waals surface area contributed by atoms with Gasteiger partial charge in [-0.2, -0.15) is 0 Å². The molecule has 2 amide bonds. The standard InChI is InChI=1S/C19H30N2O3/c1-14(2)13-24-17-8-4-6-15(10-17)11-20-19(23)21(3)12-16-7-5-9-18(16)22/h4,6,8,10,14,16,18,22H,5,7,9,11-13H2,1-3H3,(H,20,23). The molecule has 24 heavy (non-hydrogen) atoms. The number of hydrogen-bond donors (Lipinski definition) is 2. The molecule has 0 spiro atoms. The van der Waals surface area contributed by atoms with Crippen molar-refractivity contribution in [2.24, 2.45) is 11.8 Å². The first kappa shape index (κ1) is 18.6. The first-order valence-corrected chi connectivity index (χ1v) is 8.84. The first-order valence-electron chi connectivity index (χ1n) is 8.84. The highest BCUT2D eigenvalue weighted by atomic mass is 16.5. The summed E-state index contributed by atoms with van der Waals surface area (Å²) in [4.78, 5) is 13.9. The van der Waals surface area contributed by atoms with Crippen LogP contribution in [0.4, 0.5) is 4.79 Å². The van der Waals surface area contributed by atoms with Crippen molar-refractivity contribution in [1.29, 1.82) is 0 Å². The van der Waals surface area contributed by atoms with E-state index in [1.807, 2.05) is 24.3 Å². The summed E-state index contributed by atoms with van der Waals surface area (Å²) in [6.45, 7) is 5.98. The van der Waals surface area contributed by atoms with Gasteiger partial charge in [-0.15, -0.1) is 0 Å². The number of rotatable bonds is 7. The van der Waals surface area contributed by atoms with Crippen LogP contribution in [0.15, 0.2) is 24.3 Å². The molecule has 0 saturated heterocycles. The summed E-state index contributed by atoms with van der Waals surface area (Å²) >= 11 is 0. The van der Waals surface area contributed by atoms with Crippen molar-refractivity contribution in [3.05, 3.63) is 29.8 Å². The molecule has 0 heterocycles. The van der Waals surface area contributed by atoms with E-state index >= 15 is 0 Å². The van der Waals surface area contributed by atoms with Crippen molar-refractivity contribution < 1.29 is 14.6 Å². The molecule has 134 valence electrons. The predicted molar refractivity (Wildman–Crippen MR) is 95.0 cm³/mol. The van der Waals surface area contributed by atoms with E-state index < -0.39 is 0 Å². The zero-order chi connectivity index (χ0) is 17.5. The third kappa shape index (κ3) is 5.71. The Morgan fingerprint density at radius 2 is 2.21 bits per heavy atom. The fourth-order valence-electron chi connectivity index (χ4n) is 2.99. The Bertz CT molecular complexity index is 533. The van der Waals surface area contributed by atoms with Gasteiger partial charge in [0.25, 0.3) is 0 Å². The number of nitrogens with one attached hydrogen (secondary N) is 1. The van der Waals surface area contributed by atoms with Crippen molar-refractivity contribution in [3.8, 4) is 5.75 Å². The van der Waals surface area contributed by atoms with Crippen molar-refractivity contribution in [3.63, 3.8) is 0 Å². The van der Waals surface area contributed by atoms with Gasteiger partial charge in [-0.3, -0.25) is 0 Å². The Balaban J connectivity index is 1.79. The molecule has 2 unspecified atom stereocenters. The predicted octanol–water partition coefficient (Wildman–Crippen LogP) is 3.02. The van der Waals surface area contributed by atoms with Crippen LogP contribution >= 0.6 is 0 Å². The minimum absolute atomic E-state index is 0.109. The largest absolute Gasteiger partial charge is 0.493 e. The average molecular weight is 334 g/mol. The van der Waals surface area contributed by atoms with E-state index in [9.17, 15) is 9.90 Å². The second-order valence-corrected chi connectivity index (χ2v) is 7.15. The molecular formula is C19H30N2O3. The summed E-state index contributed by atoms with van der Waals surface area (Å²) in [5.41, 5.74) is 1.01. The number of carbonyl (C=O) groups excluding carboxylic acids is 1. The molecule has 1 aliphatic carbocycles. The summed E-state index contributed by atoms with van der Waals surface area (Å²) in [7, 11) is 1.78. The van der Waals surface area contributed by atoms with E-state index in [2.05, 4.69) is 19.2 Å². The molecule has 0 radical (unpaired) electrons. The summed E-state index contributed by atoms with van der Waals surface area (Å²) in [6, 6.07) is 7.70. The van der Waals surface area contributed by atoms with Gasteiger partial charge in [0, 0.05) is 26.1 Å². The lowest BCUT2D eigenvalue weighted by Crippen LogP contribution is -2.40.